The number of ether oxygens (including phenoxy) is 2. The average Bonchev–Trinajstić information content (AvgIpc) is 2.77. The molecule has 1 aromatic carbocycles. The van der Waals surface area contributed by atoms with Gasteiger partial charge < -0.3 is 15.2 Å². The minimum absolute atomic E-state index is 0.361. The van der Waals surface area contributed by atoms with Gasteiger partial charge in [-0.15, -0.1) is 11.3 Å². The van der Waals surface area contributed by atoms with Crippen LogP contribution < -0.4 is 15.2 Å². The highest BCUT2D eigenvalue weighted by Gasteiger charge is 2.10. The number of amides is 1. The van der Waals surface area contributed by atoms with E-state index in [2.05, 4.69) is 0 Å². The lowest BCUT2D eigenvalue weighted by molar-refractivity contribution is 0.0998. The first-order chi connectivity index (χ1) is 8.20. The monoisotopic (exact) mass is 249 g/mol. The van der Waals surface area contributed by atoms with Crippen molar-refractivity contribution in [2.75, 3.05) is 7.11 Å². The zero-order valence-corrected chi connectivity index (χ0v) is 9.99. The minimum atomic E-state index is -0.510. The van der Waals surface area contributed by atoms with Gasteiger partial charge in [-0.2, -0.15) is 0 Å². The number of thiophene rings is 1. The molecule has 5 heteroatoms. The summed E-state index contributed by atoms with van der Waals surface area (Å²) in [6.07, 6.45) is 0. The van der Waals surface area contributed by atoms with Crippen LogP contribution in [0.15, 0.2) is 35.7 Å². The number of carbonyl (C=O) groups is 1. The second kappa shape index (κ2) is 4.88. The lowest BCUT2D eigenvalue weighted by atomic mass is 10.2. The number of hydrogen-bond acceptors (Lipinski definition) is 4. The van der Waals surface area contributed by atoms with Crippen molar-refractivity contribution in [3.63, 3.8) is 0 Å². The summed E-state index contributed by atoms with van der Waals surface area (Å²) in [4.78, 5) is 11.2. The second-order valence-corrected chi connectivity index (χ2v) is 4.14. The molecule has 2 N–H and O–H groups in total. The fraction of sp³-hybridized carbons (Fsp3) is 0.0833. The van der Waals surface area contributed by atoms with E-state index in [4.69, 9.17) is 15.2 Å². The topological polar surface area (TPSA) is 61.6 Å². The van der Waals surface area contributed by atoms with Gasteiger partial charge in [0.05, 0.1) is 12.7 Å². The van der Waals surface area contributed by atoms with Crippen LogP contribution in [0.25, 0.3) is 0 Å². The molecule has 1 aromatic heterocycles. The summed E-state index contributed by atoms with van der Waals surface area (Å²) >= 11 is 1.39. The van der Waals surface area contributed by atoms with Gasteiger partial charge in [-0.25, -0.2) is 0 Å². The van der Waals surface area contributed by atoms with Gasteiger partial charge in [0.15, 0.2) is 5.06 Å². The molecule has 0 fully saturated rings. The summed E-state index contributed by atoms with van der Waals surface area (Å²) in [5.41, 5.74) is 5.62. The first kappa shape index (κ1) is 11.5. The van der Waals surface area contributed by atoms with Gasteiger partial charge in [-0.1, -0.05) is 12.1 Å². The van der Waals surface area contributed by atoms with Gasteiger partial charge in [0.2, 0.25) is 0 Å². The Bertz CT molecular complexity index is 536. The molecule has 4 nitrogen and oxygen atoms in total. The Labute approximate surface area is 103 Å². The first-order valence-corrected chi connectivity index (χ1v) is 5.78. The standard InChI is InChI=1S/C12H11NO3S/c1-15-8-6-11(17-7-8)16-10-5-3-2-4-9(10)12(13)14/h2-7H,1H3,(H2,13,14). The van der Waals surface area contributed by atoms with Crippen LogP contribution in [-0.4, -0.2) is 13.0 Å². The number of rotatable bonds is 4. The Kier molecular flexibility index (Phi) is 3.30. The van der Waals surface area contributed by atoms with Crippen molar-refractivity contribution >= 4 is 17.2 Å². The van der Waals surface area contributed by atoms with Crippen LogP contribution in [0, 0.1) is 0 Å². The summed E-state index contributed by atoms with van der Waals surface area (Å²) in [5, 5.41) is 2.47. The van der Waals surface area contributed by atoms with E-state index in [1.54, 1.807) is 37.4 Å². The number of carbonyl (C=O) groups excluding carboxylic acids is 1. The van der Waals surface area contributed by atoms with Crippen molar-refractivity contribution in [1.82, 2.24) is 0 Å². The number of methoxy groups -OCH3 is 1. The SMILES string of the molecule is COc1csc(Oc2ccccc2C(N)=O)c1. The maximum atomic E-state index is 11.2. The molecule has 2 aromatic rings. The van der Waals surface area contributed by atoms with Gasteiger partial charge in [0.1, 0.15) is 11.5 Å². The summed E-state index contributed by atoms with van der Waals surface area (Å²) in [6.45, 7) is 0. The minimum Gasteiger partial charge on any atom is -0.496 e. The largest absolute Gasteiger partial charge is 0.496 e. The molecule has 88 valence electrons. The van der Waals surface area contributed by atoms with Crippen molar-refractivity contribution in [2.45, 2.75) is 0 Å². The molecule has 0 saturated carbocycles. The lowest BCUT2D eigenvalue weighted by Gasteiger charge is -2.06. The van der Waals surface area contributed by atoms with E-state index in [0.717, 1.165) is 5.75 Å². The summed E-state index contributed by atoms with van der Waals surface area (Å²) in [6, 6.07) is 8.60. The second-order valence-electron chi connectivity index (χ2n) is 3.27. The van der Waals surface area contributed by atoms with Crippen molar-refractivity contribution in [2.24, 2.45) is 5.73 Å². The summed E-state index contributed by atoms with van der Waals surface area (Å²) < 4.78 is 10.6. The normalized spacial score (nSPS) is 9.94. The molecule has 17 heavy (non-hydrogen) atoms. The third-order valence-electron chi connectivity index (χ3n) is 2.15. The van der Waals surface area contributed by atoms with Gasteiger partial charge in [-0.3, -0.25) is 4.79 Å². The molecule has 2 rings (SSSR count). The maximum Gasteiger partial charge on any atom is 0.252 e. The number of nitrogens with two attached hydrogens (primary N) is 1. The highest BCUT2D eigenvalue weighted by molar-refractivity contribution is 7.12. The van der Waals surface area contributed by atoms with Crippen LogP contribution in [0.3, 0.4) is 0 Å². The van der Waals surface area contributed by atoms with E-state index >= 15 is 0 Å². The molecule has 0 spiro atoms. The van der Waals surface area contributed by atoms with Gasteiger partial charge in [-0.05, 0) is 12.1 Å². The summed E-state index contributed by atoms with van der Waals surface area (Å²) in [7, 11) is 1.59. The molecule has 0 atom stereocenters. The third kappa shape index (κ3) is 2.57. The molecule has 1 heterocycles. The predicted molar refractivity (Wildman–Crippen MR) is 65.9 cm³/mol. The van der Waals surface area contributed by atoms with Crippen molar-refractivity contribution in [3.8, 4) is 16.6 Å². The molecule has 0 aliphatic rings. The molecule has 0 unspecified atom stereocenters. The molecule has 1 amide bonds. The smallest absolute Gasteiger partial charge is 0.252 e. The fourth-order valence-corrected chi connectivity index (χ4v) is 2.05. The van der Waals surface area contributed by atoms with E-state index in [1.807, 2.05) is 5.38 Å². The number of benzene rings is 1. The fourth-order valence-electron chi connectivity index (χ4n) is 1.33. The van der Waals surface area contributed by atoms with Crippen LogP contribution in [0.2, 0.25) is 0 Å². The van der Waals surface area contributed by atoms with Gasteiger partial charge in [0.25, 0.3) is 5.91 Å². The highest BCUT2D eigenvalue weighted by atomic mass is 32.1. The Morgan fingerprint density at radius 2 is 2.12 bits per heavy atom. The third-order valence-corrected chi connectivity index (χ3v) is 2.93. The zero-order chi connectivity index (χ0) is 12.3. The number of para-hydroxylation sites is 1. The Balaban J connectivity index is 2.26. The first-order valence-electron chi connectivity index (χ1n) is 4.90. The Morgan fingerprint density at radius 1 is 1.35 bits per heavy atom. The Morgan fingerprint density at radius 3 is 2.76 bits per heavy atom. The quantitative estimate of drug-likeness (QED) is 0.906. The zero-order valence-electron chi connectivity index (χ0n) is 9.17. The predicted octanol–water partition coefficient (Wildman–Crippen LogP) is 2.65. The maximum absolute atomic E-state index is 11.2. The van der Waals surface area contributed by atoms with E-state index in [0.29, 0.717) is 16.4 Å². The van der Waals surface area contributed by atoms with Gasteiger partial charge in [0, 0.05) is 11.4 Å². The average molecular weight is 249 g/mol. The van der Waals surface area contributed by atoms with E-state index in [1.165, 1.54) is 11.3 Å². The van der Waals surface area contributed by atoms with E-state index in [9.17, 15) is 4.79 Å². The van der Waals surface area contributed by atoms with Crippen molar-refractivity contribution in [1.29, 1.82) is 0 Å². The highest BCUT2D eigenvalue weighted by Crippen LogP contribution is 2.33. The number of primary amides is 1. The molecule has 0 aliphatic heterocycles. The molecular weight excluding hydrogens is 238 g/mol. The van der Waals surface area contributed by atoms with E-state index in [-0.39, 0.29) is 0 Å². The van der Waals surface area contributed by atoms with Crippen LogP contribution >= 0.6 is 11.3 Å². The van der Waals surface area contributed by atoms with Crippen LogP contribution in [-0.2, 0) is 0 Å². The van der Waals surface area contributed by atoms with Crippen molar-refractivity contribution in [3.05, 3.63) is 41.3 Å². The van der Waals surface area contributed by atoms with Crippen LogP contribution in [0.4, 0.5) is 0 Å². The Hall–Kier alpha value is -2.01. The summed E-state index contributed by atoms with van der Waals surface area (Å²) in [5.74, 6) is 0.662. The molecule has 0 saturated heterocycles. The van der Waals surface area contributed by atoms with Crippen LogP contribution in [0.1, 0.15) is 10.4 Å². The molecule has 0 bridgehead atoms. The molecule has 0 radical (unpaired) electrons. The van der Waals surface area contributed by atoms with Crippen LogP contribution in [0.5, 0.6) is 16.6 Å². The number of hydrogen-bond donors (Lipinski definition) is 1. The molecule has 0 aliphatic carbocycles. The van der Waals surface area contributed by atoms with Gasteiger partial charge >= 0.3 is 0 Å². The lowest BCUT2D eigenvalue weighted by Crippen LogP contribution is -2.11. The molecular formula is C12H11NO3S. The van der Waals surface area contributed by atoms with Crippen molar-refractivity contribution < 1.29 is 14.3 Å². The van der Waals surface area contributed by atoms with E-state index < -0.39 is 5.91 Å².